The van der Waals surface area contributed by atoms with Crippen molar-refractivity contribution in [2.75, 3.05) is 7.11 Å². The van der Waals surface area contributed by atoms with E-state index in [1.807, 2.05) is 37.3 Å². The Hall–Kier alpha value is -1.59. The number of hydrogen-bond donors (Lipinski definition) is 2. The number of phenols is 1. The summed E-state index contributed by atoms with van der Waals surface area (Å²) in [6.07, 6.45) is 0. The third kappa shape index (κ3) is 3.71. The van der Waals surface area contributed by atoms with Crippen molar-refractivity contribution in [2.45, 2.75) is 20.0 Å². The Labute approximate surface area is 126 Å². The Morgan fingerprint density at radius 1 is 1.30 bits per heavy atom. The lowest BCUT2D eigenvalue weighted by Gasteiger charge is -2.10. The summed E-state index contributed by atoms with van der Waals surface area (Å²) < 4.78 is 5.75. The molecule has 20 heavy (non-hydrogen) atoms. The van der Waals surface area contributed by atoms with Gasteiger partial charge in [-0.05, 0) is 52.7 Å². The summed E-state index contributed by atoms with van der Waals surface area (Å²) in [4.78, 5) is 4.43. The van der Waals surface area contributed by atoms with Crippen molar-refractivity contribution in [3.05, 3.63) is 51.8 Å². The van der Waals surface area contributed by atoms with Crippen molar-refractivity contribution in [3.8, 4) is 11.5 Å². The molecule has 2 aromatic rings. The molecule has 106 valence electrons. The predicted molar refractivity (Wildman–Crippen MR) is 81.9 cm³/mol. The van der Waals surface area contributed by atoms with E-state index in [4.69, 9.17) is 4.74 Å². The van der Waals surface area contributed by atoms with Gasteiger partial charge in [0, 0.05) is 18.8 Å². The minimum atomic E-state index is 0.122. The molecule has 1 heterocycles. The highest BCUT2D eigenvalue weighted by atomic mass is 79.9. The van der Waals surface area contributed by atoms with Crippen molar-refractivity contribution in [1.82, 2.24) is 10.3 Å². The molecule has 2 rings (SSSR count). The van der Waals surface area contributed by atoms with Gasteiger partial charge in [-0.25, -0.2) is 0 Å². The van der Waals surface area contributed by atoms with Gasteiger partial charge < -0.3 is 15.2 Å². The van der Waals surface area contributed by atoms with Gasteiger partial charge >= 0.3 is 0 Å². The Morgan fingerprint density at radius 2 is 2.10 bits per heavy atom. The van der Waals surface area contributed by atoms with Crippen LogP contribution in [0.1, 0.15) is 17.0 Å². The van der Waals surface area contributed by atoms with Gasteiger partial charge in [-0.15, -0.1) is 0 Å². The molecule has 0 aliphatic rings. The number of aromatic nitrogens is 1. The van der Waals surface area contributed by atoms with Crippen LogP contribution < -0.4 is 10.1 Å². The molecule has 0 saturated carbocycles. The van der Waals surface area contributed by atoms with Gasteiger partial charge in [0.2, 0.25) is 0 Å². The second-order valence-corrected chi connectivity index (χ2v) is 5.36. The number of benzene rings is 1. The van der Waals surface area contributed by atoms with Gasteiger partial charge in [-0.2, -0.15) is 0 Å². The molecule has 0 radical (unpaired) electrons. The minimum absolute atomic E-state index is 0.122. The lowest BCUT2D eigenvalue weighted by Crippen LogP contribution is -2.14. The third-order valence-corrected chi connectivity index (χ3v) is 3.49. The molecular weight excluding hydrogens is 320 g/mol. The number of nitrogens with zero attached hydrogens (tertiary/aromatic N) is 1. The van der Waals surface area contributed by atoms with Crippen LogP contribution >= 0.6 is 15.9 Å². The van der Waals surface area contributed by atoms with Gasteiger partial charge in [-0.1, -0.05) is 6.07 Å². The van der Waals surface area contributed by atoms with Crippen LogP contribution in [0.4, 0.5) is 0 Å². The predicted octanol–water partition coefficient (Wildman–Crippen LogP) is 3.16. The van der Waals surface area contributed by atoms with Gasteiger partial charge in [0.05, 0.1) is 17.3 Å². The number of pyridine rings is 1. The maximum absolute atomic E-state index is 9.75. The zero-order valence-electron chi connectivity index (χ0n) is 11.5. The Kier molecular flexibility index (Phi) is 4.98. The van der Waals surface area contributed by atoms with Gasteiger partial charge in [-0.3, -0.25) is 4.98 Å². The van der Waals surface area contributed by atoms with E-state index < -0.39 is 0 Å². The van der Waals surface area contributed by atoms with Gasteiger partial charge in [0.15, 0.2) is 11.5 Å². The quantitative estimate of drug-likeness (QED) is 0.880. The summed E-state index contributed by atoms with van der Waals surface area (Å²) in [5.74, 6) is 0.585. The second kappa shape index (κ2) is 6.72. The molecule has 5 heteroatoms. The molecule has 0 unspecified atom stereocenters. The van der Waals surface area contributed by atoms with E-state index in [-0.39, 0.29) is 5.75 Å². The maximum Gasteiger partial charge on any atom is 0.172 e. The number of aryl methyl sites for hydroxylation is 1. The fourth-order valence-electron chi connectivity index (χ4n) is 1.92. The molecular formula is C15H17BrN2O2. The van der Waals surface area contributed by atoms with Crippen molar-refractivity contribution < 1.29 is 9.84 Å². The van der Waals surface area contributed by atoms with E-state index in [0.29, 0.717) is 23.3 Å². The topological polar surface area (TPSA) is 54.4 Å². The van der Waals surface area contributed by atoms with Gasteiger partial charge in [0.25, 0.3) is 0 Å². The lowest BCUT2D eigenvalue weighted by molar-refractivity contribution is 0.371. The largest absolute Gasteiger partial charge is 0.503 e. The third-order valence-electron chi connectivity index (χ3n) is 2.89. The number of phenolic OH excluding ortho intramolecular Hbond substituents is 1. The number of methoxy groups -OCH3 is 1. The molecule has 1 aromatic carbocycles. The average Bonchev–Trinajstić information content (AvgIpc) is 2.42. The fraction of sp³-hybridized carbons (Fsp3) is 0.267. The summed E-state index contributed by atoms with van der Waals surface area (Å²) in [5.41, 5.74) is 3.05. The summed E-state index contributed by atoms with van der Waals surface area (Å²) in [5, 5.41) is 13.1. The number of rotatable bonds is 5. The monoisotopic (exact) mass is 336 g/mol. The van der Waals surface area contributed by atoms with E-state index in [1.54, 1.807) is 0 Å². The number of halogens is 1. The van der Waals surface area contributed by atoms with Gasteiger partial charge in [0.1, 0.15) is 0 Å². The van der Waals surface area contributed by atoms with Crippen molar-refractivity contribution in [1.29, 1.82) is 0 Å². The first-order valence-electron chi connectivity index (χ1n) is 6.29. The number of aromatic hydroxyl groups is 1. The van der Waals surface area contributed by atoms with Crippen LogP contribution in [0.2, 0.25) is 0 Å². The molecule has 0 bridgehead atoms. The van der Waals surface area contributed by atoms with Crippen LogP contribution in [0.25, 0.3) is 0 Å². The van der Waals surface area contributed by atoms with E-state index in [1.165, 1.54) is 7.11 Å². The van der Waals surface area contributed by atoms with E-state index in [2.05, 4.69) is 26.2 Å². The maximum atomic E-state index is 9.75. The number of ether oxygens (including phenoxy) is 1. The summed E-state index contributed by atoms with van der Waals surface area (Å²) in [6, 6.07) is 9.66. The first kappa shape index (κ1) is 14.8. The van der Waals surface area contributed by atoms with E-state index in [0.717, 1.165) is 17.0 Å². The molecule has 1 aromatic heterocycles. The molecule has 0 aliphatic heterocycles. The average molecular weight is 337 g/mol. The SMILES string of the molecule is COc1cc(CNCc2cccc(C)n2)cc(Br)c1O. The smallest absolute Gasteiger partial charge is 0.172 e. The molecule has 0 atom stereocenters. The highest BCUT2D eigenvalue weighted by molar-refractivity contribution is 9.10. The lowest BCUT2D eigenvalue weighted by atomic mass is 10.2. The molecule has 0 amide bonds. The Balaban J connectivity index is 1.99. The second-order valence-electron chi connectivity index (χ2n) is 4.50. The van der Waals surface area contributed by atoms with Crippen LogP contribution in [0.5, 0.6) is 11.5 Å². The first-order valence-corrected chi connectivity index (χ1v) is 7.08. The summed E-state index contributed by atoms with van der Waals surface area (Å²) in [7, 11) is 1.54. The number of nitrogens with one attached hydrogen (secondary N) is 1. The van der Waals surface area contributed by atoms with Crippen LogP contribution in [-0.4, -0.2) is 17.2 Å². The highest BCUT2D eigenvalue weighted by Gasteiger charge is 2.08. The number of hydrogen-bond acceptors (Lipinski definition) is 4. The Bertz CT molecular complexity index is 602. The van der Waals surface area contributed by atoms with Crippen molar-refractivity contribution in [3.63, 3.8) is 0 Å². The molecule has 0 spiro atoms. The zero-order chi connectivity index (χ0) is 14.5. The normalized spacial score (nSPS) is 10.6. The van der Waals surface area contributed by atoms with E-state index >= 15 is 0 Å². The summed E-state index contributed by atoms with van der Waals surface area (Å²) >= 11 is 3.31. The molecule has 0 aliphatic carbocycles. The first-order chi connectivity index (χ1) is 9.60. The molecule has 2 N–H and O–H groups in total. The zero-order valence-corrected chi connectivity index (χ0v) is 13.1. The summed E-state index contributed by atoms with van der Waals surface area (Å²) in [6.45, 7) is 3.35. The molecule has 0 fully saturated rings. The minimum Gasteiger partial charge on any atom is -0.503 e. The van der Waals surface area contributed by atoms with E-state index in [9.17, 15) is 5.11 Å². The fourth-order valence-corrected chi connectivity index (χ4v) is 2.41. The molecule has 4 nitrogen and oxygen atoms in total. The van der Waals surface area contributed by atoms with Crippen LogP contribution in [-0.2, 0) is 13.1 Å². The molecule has 0 saturated heterocycles. The van der Waals surface area contributed by atoms with Crippen LogP contribution in [0.3, 0.4) is 0 Å². The van der Waals surface area contributed by atoms with Crippen molar-refractivity contribution >= 4 is 15.9 Å². The van der Waals surface area contributed by atoms with Crippen LogP contribution in [0.15, 0.2) is 34.8 Å². The van der Waals surface area contributed by atoms with Crippen molar-refractivity contribution in [2.24, 2.45) is 0 Å². The Morgan fingerprint density at radius 3 is 2.80 bits per heavy atom. The standard InChI is InChI=1S/C15H17BrN2O2/c1-10-4-3-5-12(18-10)9-17-8-11-6-13(16)15(19)14(7-11)20-2/h3-7,17,19H,8-9H2,1-2H3. The highest BCUT2D eigenvalue weighted by Crippen LogP contribution is 2.35. The van der Waals surface area contributed by atoms with Crippen LogP contribution in [0, 0.1) is 6.92 Å².